The number of aromatic nitrogens is 2. The van der Waals surface area contributed by atoms with Crippen LogP contribution in [-0.2, 0) is 4.74 Å². The summed E-state index contributed by atoms with van der Waals surface area (Å²) < 4.78 is 6.20. The summed E-state index contributed by atoms with van der Waals surface area (Å²) in [6.07, 6.45) is 11.6. The molecule has 2 rings (SSSR count). The molecule has 0 fully saturated rings. The van der Waals surface area contributed by atoms with E-state index in [4.69, 9.17) is 4.74 Å². The van der Waals surface area contributed by atoms with Gasteiger partial charge in [-0.25, -0.2) is 0 Å². The van der Waals surface area contributed by atoms with Crippen LogP contribution in [-0.4, -0.2) is 23.1 Å². The smallest absolute Gasteiger partial charge is 0.197 e. The van der Waals surface area contributed by atoms with Gasteiger partial charge in [0, 0.05) is 24.4 Å². The molecule has 28 heavy (non-hydrogen) atoms. The van der Waals surface area contributed by atoms with Crippen molar-refractivity contribution in [3.63, 3.8) is 0 Å². The van der Waals surface area contributed by atoms with Crippen molar-refractivity contribution >= 4 is 17.2 Å². The van der Waals surface area contributed by atoms with Crippen molar-refractivity contribution in [2.24, 2.45) is 10.9 Å². The Balaban J connectivity index is 2.23. The topological polar surface area (TPSA) is 50.3 Å². The SMILES string of the molecule is C=C/C(=C\C=C(/C)c1cn[nH]c1)C(C)C(=NC)O/C(=C\C)c1cccc(C)c1. The van der Waals surface area contributed by atoms with Crippen molar-refractivity contribution in [2.45, 2.75) is 27.7 Å². The van der Waals surface area contributed by atoms with Gasteiger partial charge in [-0.1, -0.05) is 48.6 Å². The van der Waals surface area contributed by atoms with Crippen LogP contribution in [0.1, 0.15) is 37.5 Å². The highest BCUT2D eigenvalue weighted by Crippen LogP contribution is 2.23. The summed E-state index contributed by atoms with van der Waals surface area (Å²) in [5.74, 6) is 1.41. The summed E-state index contributed by atoms with van der Waals surface area (Å²) in [4.78, 5) is 4.40. The molecule has 0 aliphatic carbocycles. The first kappa shape index (κ1) is 21.2. The van der Waals surface area contributed by atoms with Crippen LogP contribution in [0.4, 0.5) is 0 Å². The monoisotopic (exact) mass is 375 g/mol. The lowest BCUT2D eigenvalue weighted by Crippen LogP contribution is -2.16. The van der Waals surface area contributed by atoms with Gasteiger partial charge in [0.1, 0.15) is 5.76 Å². The summed E-state index contributed by atoms with van der Waals surface area (Å²) in [6, 6.07) is 8.25. The van der Waals surface area contributed by atoms with E-state index in [0.29, 0.717) is 5.90 Å². The van der Waals surface area contributed by atoms with Crippen LogP contribution in [0.25, 0.3) is 11.3 Å². The maximum atomic E-state index is 6.20. The van der Waals surface area contributed by atoms with Crippen molar-refractivity contribution in [1.82, 2.24) is 10.2 Å². The number of aryl methyl sites for hydroxylation is 1. The third kappa shape index (κ3) is 5.43. The van der Waals surface area contributed by atoms with Crippen molar-refractivity contribution in [3.8, 4) is 0 Å². The Kier molecular flexibility index (Phi) is 7.76. The third-order valence-electron chi connectivity index (χ3n) is 4.59. The Morgan fingerprint density at radius 1 is 1.29 bits per heavy atom. The molecule has 0 saturated carbocycles. The van der Waals surface area contributed by atoms with Gasteiger partial charge in [0.2, 0.25) is 0 Å². The van der Waals surface area contributed by atoms with Crippen LogP contribution in [0, 0.1) is 12.8 Å². The lowest BCUT2D eigenvalue weighted by Gasteiger charge is -2.18. The van der Waals surface area contributed by atoms with Gasteiger partial charge in [0.05, 0.1) is 12.1 Å². The molecule has 0 radical (unpaired) electrons. The third-order valence-corrected chi connectivity index (χ3v) is 4.59. The van der Waals surface area contributed by atoms with Crippen LogP contribution in [0.15, 0.2) is 78.1 Å². The zero-order chi connectivity index (χ0) is 20.5. The molecule has 4 heteroatoms. The number of aromatic amines is 1. The Bertz CT molecular complexity index is 915. The molecule has 1 unspecified atom stereocenters. The second-order valence-electron chi connectivity index (χ2n) is 6.62. The number of ether oxygens (including phenoxy) is 1. The molecule has 0 amide bonds. The van der Waals surface area contributed by atoms with Crippen molar-refractivity contribution in [1.29, 1.82) is 0 Å². The number of hydrogen-bond acceptors (Lipinski definition) is 3. The highest BCUT2D eigenvalue weighted by atomic mass is 16.5. The fourth-order valence-corrected chi connectivity index (χ4v) is 2.84. The van der Waals surface area contributed by atoms with E-state index < -0.39 is 0 Å². The second kappa shape index (κ2) is 10.3. The molecule has 1 N–H and O–H groups in total. The fourth-order valence-electron chi connectivity index (χ4n) is 2.84. The van der Waals surface area contributed by atoms with Gasteiger partial charge in [0.15, 0.2) is 5.90 Å². The molecule has 0 bridgehead atoms. The molecule has 1 atom stereocenters. The van der Waals surface area contributed by atoms with Gasteiger partial charge in [-0.05, 0) is 51.0 Å². The zero-order valence-corrected chi connectivity index (χ0v) is 17.4. The highest BCUT2D eigenvalue weighted by Gasteiger charge is 2.17. The van der Waals surface area contributed by atoms with E-state index in [1.807, 2.05) is 44.3 Å². The number of benzene rings is 1. The molecule has 1 aromatic carbocycles. The van der Waals surface area contributed by atoms with Crippen LogP contribution in [0.2, 0.25) is 0 Å². The molecule has 146 valence electrons. The van der Waals surface area contributed by atoms with Gasteiger partial charge >= 0.3 is 0 Å². The summed E-state index contributed by atoms with van der Waals surface area (Å²) in [5.41, 5.74) is 5.43. The van der Waals surface area contributed by atoms with Crippen molar-refractivity contribution < 1.29 is 4.74 Å². The summed E-state index contributed by atoms with van der Waals surface area (Å²) in [5, 5.41) is 6.82. The molecule has 4 nitrogen and oxygen atoms in total. The first-order chi connectivity index (χ1) is 13.5. The number of H-pyrrole nitrogens is 1. The summed E-state index contributed by atoms with van der Waals surface area (Å²) >= 11 is 0. The highest BCUT2D eigenvalue weighted by molar-refractivity contribution is 5.87. The lowest BCUT2D eigenvalue weighted by molar-refractivity contribution is 0.472. The summed E-state index contributed by atoms with van der Waals surface area (Å²) in [6.45, 7) is 12.1. The number of nitrogens with zero attached hydrogens (tertiary/aromatic N) is 2. The molecular formula is C24H29N3O. The van der Waals surface area contributed by atoms with Crippen molar-refractivity contribution in [3.05, 3.63) is 89.8 Å². The van der Waals surface area contributed by atoms with E-state index in [-0.39, 0.29) is 5.92 Å². The number of aliphatic imine (C=N–C) groups is 1. The molecule has 0 aliphatic rings. The molecule has 0 spiro atoms. The molecule has 0 aliphatic heterocycles. The van der Waals surface area contributed by atoms with Gasteiger partial charge in [-0.3, -0.25) is 10.1 Å². The van der Waals surface area contributed by atoms with Crippen LogP contribution >= 0.6 is 0 Å². The Morgan fingerprint density at radius 2 is 2.07 bits per heavy atom. The van der Waals surface area contributed by atoms with Crippen LogP contribution < -0.4 is 0 Å². The van der Waals surface area contributed by atoms with Gasteiger partial charge in [-0.2, -0.15) is 5.10 Å². The zero-order valence-electron chi connectivity index (χ0n) is 17.4. The Morgan fingerprint density at radius 3 is 2.64 bits per heavy atom. The first-order valence-corrected chi connectivity index (χ1v) is 9.38. The predicted molar refractivity (Wildman–Crippen MR) is 119 cm³/mol. The minimum Gasteiger partial charge on any atom is -0.442 e. The normalized spacial score (nSPS) is 14.8. The Hall–Kier alpha value is -3.14. The lowest BCUT2D eigenvalue weighted by atomic mass is 9.99. The minimum absolute atomic E-state index is 0.0318. The van der Waals surface area contributed by atoms with E-state index in [9.17, 15) is 0 Å². The average Bonchev–Trinajstić information content (AvgIpc) is 3.24. The number of hydrogen-bond donors (Lipinski definition) is 1. The molecule has 1 heterocycles. The maximum Gasteiger partial charge on any atom is 0.197 e. The molecule has 0 saturated heterocycles. The standard InChI is InChI=1S/C24H29N3O/c1-7-20(13-12-18(4)22-15-26-27-16-22)19(5)24(25-6)28-23(8-2)21-11-9-10-17(3)14-21/h7-16,19H,1H2,2-6H3,(H,26,27)/b18-12+,20-13+,23-8-,25-24?. The van der Waals surface area contributed by atoms with Crippen LogP contribution in [0.5, 0.6) is 0 Å². The molecule has 1 aromatic heterocycles. The fraction of sp³-hybridized carbons (Fsp3) is 0.250. The van der Waals surface area contributed by atoms with Gasteiger partial charge in [0.25, 0.3) is 0 Å². The minimum atomic E-state index is -0.0318. The van der Waals surface area contributed by atoms with E-state index in [1.54, 1.807) is 13.2 Å². The maximum absolute atomic E-state index is 6.20. The first-order valence-electron chi connectivity index (χ1n) is 9.38. The largest absolute Gasteiger partial charge is 0.442 e. The quantitative estimate of drug-likeness (QED) is 0.280. The predicted octanol–water partition coefficient (Wildman–Crippen LogP) is 5.98. The average molecular weight is 376 g/mol. The van der Waals surface area contributed by atoms with Crippen molar-refractivity contribution in [2.75, 3.05) is 7.05 Å². The molecular weight excluding hydrogens is 346 g/mol. The van der Waals surface area contributed by atoms with Gasteiger partial charge < -0.3 is 4.74 Å². The second-order valence-corrected chi connectivity index (χ2v) is 6.62. The van der Waals surface area contributed by atoms with E-state index in [0.717, 1.165) is 28.0 Å². The van der Waals surface area contributed by atoms with Crippen LogP contribution in [0.3, 0.4) is 0 Å². The Labute approximate surface area is 168 Å². The van der Waals surface area contributed by atoms with E-state index >= 15 is 0 Å². The number of rotatable bonds is 7. The number of nitrogens with one attached hydrogen (secondary N) is 1. The summed E-state index contributed by atoms with van der Waals surface area (Å²) in [7, 11) is 1.75. The van der Waals surface area contributed by atoms with E-state index in [2.05, 4.69) is 59.9 Å². The van der Waals surface area contributed by atoms with Gasteiger partial charge in [-0.15, -0.1) is 0 Å². The molecule has 2 aromatic rings. The number of allylic oxidation sites excluding steroid dienone is 5. The van der Waals surface area contributed by atoms with E-state index in [1.165, 1.54) is 5.56 Å².